The number of hydrogen-bond acceptors (Lipinski definition) is 4. The minimum Gasteiger partial charge on any atom is -0.435 e. The van der Waals surface area contributed by atoms with Crippen LogP contribution in [0.2, 0.25) is 0 Å². The summed E-state index contributed by atoms with van der Waals surface area (Å²) in [6.45, 7) is -0.645. The molecule has 0 saturated heterocycles. The number of urea groups is 1. The zero-order chi connectivity index (χ0) is 16.1. The third-order valence-electron chi connectivity index (χ3n) is 2.72. The maximum absolute atomic E-state index is 12.2. The molecule has 0 aliphatic rings. The molecule has 1 N–H and O–H groups in total. The van der Waals surface area contributed by atoms with E-state index in [1.165, 1.54) is 34.4 Å². The number of carbonyl (C=O) groups excluding carboxylic acids is 1. The summed E-state index contributed by atoms with van der Waals surface area (Å²) in [4.78, 5) is 17.8. The number of nitrogens with one attached hydrogen (secondary N) is 1. The van der Waals surface area contributed by atoms with Crippen LogP contribution < -0.4 is 10.1 Å². The second kappa shape index (κ2) is 7.17. The van der Waals surface area contributed by atoms with Gasteiger partial charge in [0.2, 0.25) is 0 Å². The van der Waals surface area contributed by atoms with E-state index in [-0.39, 0.29) is 11.8 Å². The predicted octanol–water partition coefficient (Wildman–Crippen LogP) is 3.72. The van der Waals surface area contributed by atoms with Gasteiger partial charge in [-0.1, -0.05) is 6.07 Å². The first kappa shape index (κ1) is 16.2. The van der Waals surface area contributed by atoms with Crippen LogP contribution in [-0.2, 0) is 6.54 Å². The summed E-state index contributed by atoms with van der Waals surface area (Å²) in [5, 5.41) is 5.44. The fourth-order valence-corrected chi connectivity index (χ4v) is 2.37. The fourth-order valence-electron chi connectivity index (χ4n) is 1.76. The molecule has 0 saturated carbocycles. The van der Waals surface area contributed by atoms with E-state index >= 15 is 0 Å². The summed E-state index contributed by atoms with van der Waals surface area (Å²) < 4.78 is 28.6. The van der Waals surface area contributed by atoms with Crippen LogP contribution in [0.1, 0.15) is 10.7 Å². The summed E-state index contributed by atoms with van der Waals surface area (Å²) in [5.41, 5.74) is 1.18. The molecule has 0 fully saturated rings. The number of carbonyl (C=O) groups is 1. The van der Waals surface area contributed by atoms with Crippen molar-refractivity contribution in [2.45, 2.75) is 20.1 Å². The lowest BCUT2D eigenvalue weighted by Crippen LogP contribution is -2.30. The normalized spacial score (nSPS) is 10.6. The maximum atomic E-state index is 12.2. The van der Waals surface area contributed by atoms with Crippen LogP contribution in [0, 0.1) is 6.92 Å². The number of aromatic nitrogens is 1. The predicted molar refractivity (Wildman–Crippen MR) is 80.4 cm³/mol. The van der Waals surface area contributed by atoms with Crippen molar-refractivity contribution in [3.05, 3.63) is 40.3 Å². The van der Waals surface area contributed by atoms with E-state index in [2.05, 4.69) is 15.0 Å². The van der Waals surface area contributed by atoms with E-state index < -0.39 is 6.61 Å². The van der Waals surface area contributed by atoms with Crippen molar-refractivity contribution in [2.75, 3.05) is 12.4 Å². The van der Waals surface area contributed by atoms with Gasteiger partial charge in [-0.15, -0.1) is 11.3 Å². The summed E-state index contributed by atoms with van der Waals surface area (Å²) in [6, 6.07) is 5.49. The highest BCUT2D eigenvalue weighted by atomic mass is 32.1. The average Bonchev–Trinajstić information content (AvgIpc) is 2.83. The Labute approximate surface area is 130 Å². The van der Waals surface area contributed by atoms with Crippen molar-refractivity contribution in [1.82, 2.24) is 9.88 Å². The number of nitrogens with zero attached hydrogens (tertiary/aromatic N) is 2. The number of thiazole rings is 1. The molecule has 1 aromatic carbocycles. The summed E-state index contributed by atoms with van der Waals surface area (Å²) >= 11 is 1.51. The van der Waals surface area contributed by atoms with Crippen LogP contribution in [0.5, 0.6) is 5.75 Å². The highest BCUT2D eigenvalue weighted by molar-refractivity contribution is 7.09. The van der Waals surface area contributed by atoms with Crippen molar-refractivity contribution in [3.63, 3.8) is 0 Å². The summed E-state index contributed by atoms with van der Waals surface area (Å²) in [7, 11) is 1.63. The summed E-state index contributed by atoms with van der Waals surface area (Å²) in [5.74, 6) is -0.00872. The van der Waals surface area contributed by atoms with Gasteiger partial charge in [0.25, 0.3) is 0 Å². The molecule has 0 atom stereocenters. The molecule has 2 rings (SSSR count). The second-order valence-corrected chi connectivity index (χ2v) is 5.61. The van der Waals surface area contributed by atoms with Gasteiger partial charge in [0, 0.05) is 24.2 Å². The SMILES string of the molecule is Cc1nc(CN(C)C(=O)Nc2cccc(OC(F)F)c2)cs1. The Morgan fingerprint density at radius 1 is 1.50 bits per heavy atom. The van der Waals surface area contributed by atoms with Crippen LogP contribution in [0.4, 0.5) is 19.3 Å². The van der Waals surface area contributed by atoms with Gasteiger partial charge in [0.05, 0.1) is 17.2 Å². The molecule has 1 aromatic heterocycles. The smallest absolute Gasteiger partial charge is 0.387 e. The van der Waals surface area contributed by atoms with Crippen molar-refractivity contribution in [1.29, 1.82) is 0 Å². The number of halogens is 2. The molecule has 5 nitrogen and oxygen atoms in total. The van der Waals surface area contributed by atoms with Gasteiger partial charge in [-0.3, -0.25) is 0 Å². The van der Waals surface area contributed by atoms with E-state index in [0.717, 1.165) is 10.7 Å². The molecule has 0 aliphatic heterocycles. The maximum Gasteiger partial charge on any atom is 0.387 e. The minimum atomic E-state index is -2.90. The van der Waals surface area contributed by atoms with Gasteiger partial charge in [0.1, 0.15) is 5.75 Å². The monoisotopic (exact) mass is 327 g/mol. The van der Waals surface area contributed by atoms with E-state index in [1.807, 2.05) is 12.3 Å². The number of amides is 2. The first-order valence-electron chi connectivity index (χ1n) is 6.42. The molecule has 0 radical (unpaired) electrons. The molecule has 22 heavy (non-hydrogen) atoms. The molecule has 0 bridgehead atoms. The molecule has 1 heterocycles. The Balaban J connectivity index is 1.96. The van der Waals surface area contributed by atoms with Gasteiger partial charge in [-0.2, -0.15) is 8.78 Å². The number of ether oxygens (including phenoxy) is 1. The third-order valence-corrected chi connectivity index (χ3v) is 3.55. The second-order valence-electron chi connectivity index (χ2n) is 4.55. The molecular formula is C14H15F2N3O2S. The summed E-state index contributed by atoms with van der Waals surface area (Å²) in [6.07, 6.45) is 0. The number of rotatable bonds is 5. The van der Waals surface area contributed by atoms with Crippen LogP contribution in [0.3, 0.4) is 0 Å². The Kier molecular flexibility index (Phi) is 5.26. The molecule has 118 valence electrons. The fraction of sp³-hybridized carbons (Fsp3) is 0.286. The van der Waals surface area contributed by atoms with E-state index in [4.69, 9.17) is 0 Å². The highest BCUT2D eigenvalue weighted by Crippen LogP contribution is 2.19. The van der Waals surface area contributed by atoms with Crippen molar-refractivity contribution < 1.29 is 18.3 Å². The largest absolute Gasteiger partial charge is 0.435 e. The minimum absolute atomic E-state index is 0.00872. The first-order chi connectivity index (χ1) is 10.4. The van der Waals surface area contributed by atoms with E-state index in [1.54, 1.807) is 13.1 Å². The topological polar surface area (TPSA) is 54.5 Å². The Morgan fingerprint density at radius 3 is 2.91 bits per heavy atom. The molecule has 0 spiro atoms. The molecule has 2 amide bonds. The van der Waals surface area contributed by atoms with Crippen LogP contribution in [-0.4, -0.2) is 29.6 Å². The Morgan fingerprint density at radius 2 is 2.27 bits per heavy atom. The quantitative estimate of drug-likeness (QED) is 0.910. The molecule has 8 heteroatoms. The lowest BCUT2D eigenvalue weighted by atomic mass is 10.3. The number of alkyl halides is 2. The standard InChI is InChI=1S/C14H15F2N3O2S/c1-9-17-11(8-22-9)7-19(2)14(20)18-10-4-3-5-12(6-10)21-13(15)16/h3-6,8,13H,7H2,1-2H3,(H,18,20). The number of anilines is 1. The zero-order valence-electron chi connectivity index (χ0n) is 12.0. The molecule has 0 unspecified atom stereocenters. The van der Waals surface area contributed by atoms with Crippen molar-refractivity contribution in [3.8, 4) is 5.75 Å². The van der Waals surface area contributed by atoms with E-state index in [9.17, 15) is 13.6 Å². The van der Waals surface area contributed by atoms with E-state index in [0.29, 0.717) is 12.2 Å². The van der Waals surface area contributed by atoms with Gasteiger partial charge in [-0.25, -0.2) is 9.78 Å². The van der Waals surface area contributed by atoms with Gasteiger partial charge in [0.15, 0.2) is 0 Å². The molecule has 0 aliphatic carbocycles. The number of hydrogen-bond donors (Lipinski definition) is 1. The van der Waals surface area contributed by atoms with Crippen LogP contribution in [0.15, 0.2) is 29.6 Å². The van der Waals surface area contributed by atoms with Gasteiger partial charge >= 0.3 is 12.6 Å². The van der Waals surface area contributed by atoms with Crippen molar-refractivity contribution in [2.24, 2.45) is 0 Å². The highest BCUT2D eigenvalue weighted by Gasteiger charge is 2.12. The number of aryl methyl sites for hydroxylation is 1. The lowest BCUT2D eigenvalue weighted by Gasteiger charge is -2.17. The lowest BCUT2D eigenvalue weighted by molar-refractivity contribution is -0.0497. The van der Waals surface area contributed by atoms with Gasteiger partial charge in [-0.05, 0) is 19.1 Å². The van der Waals surface area contributed by atoms with Crippen molar-refractivity contribution >= 4 is 23.1 Å². The van der Waals surface area contributed by atoms with Crippen LogP contribution >= 0.6 is 11.3 Å². The number of benzene rings is 1. The molecule has 2 aromatic rings. The van der Waals surface area contributed by atoms with Gasteiger partial charge < -0.3 is 15.0 Å². The average molecular weight is 327 g/mol. The first-order valence-corrected chi connectivity index (χ1v) is 7.30. The zero-order valence-corrected chi connectivity index (χ0v) is 12.9. The Bertz CT molecular complexity index is 649. The van der Waals surface area contributed by atoms with Crippen LogP contribution in [0.25, 0.3) is 0 Å². The third kappa shape index (κ3) is 4.66. The Hall–Kier alpha value is -2.22. The molecular weight excluding hydrogens is 312 g/mol.